The Bertz CT molecular complexity index is 1120. The highest BCUT2D eigenvalue weighted by molar-refractivity contribution is 7.99. The van der Waals surface area contributed by atoms with Gasteiger partial charge in [0.25, 0.3) is 5.22 Å². The monoisotopic (exact) mass is 418 g/mol. The van der Waals surface area contributed by atoms with E-state index in [0.717, 1.165) is 28.7 Å². The number of halogens is 3. The smallest absolute Gasteiger partial charge is 0.431 e. The van der Waals surface area contributed by atoms with E-state index in [4.69, 9.17) is 4.42 Å². The van der Waals surface area contributed by atoms with Gasteiger partial charge >= 0.3 is 6.18 Å². The van der Waals surface area contributed by atoms with Crippen LogP contribution in [0.25, 0.3) is 16.8 Å². The van der Waals surface area contributed by atoms with Crippen LogP contribution in [0.1, 0.15) is 5.69 Å². The zero-order chi connectivity index (χ0) is 20.4. The lowest BCUT2D eigenvalue weighted by Crippen LogP contribution is -2.15. The molecular weight excluding hydrogens is 405 g/mol. The van der Waals surface area contributed by atoms with Gasteiger partial charge in [-0.2, -0.15) is 18.3 Å². The maximum absolute atomic E-state index is 13.0. The third-order valence-corrected chi connectivity index (χ3v) is 4.76. The molecule has 0 aliphatic carbocycles. The van der Waals surface area contributed by atoms with E-state index in [0.29, 0.717) is 22.0 Å². The van der Waals surface area contributed by atoms with Gasteiger partial charge in [0.2, 0.25) is 5.91 Å². The number of benzene rings is 2. The minimum Gasteiger partial charge on any atom is -0.431 e. The average molecular weight is 418 g/mol. The van der Waals surface area contributed by atoms with E-state index < -0.39 is 11.9 Å². The predicted molar refractivity (Wildman–Crippen MR) is 102 cm³/mol. The minimum atomic E-state index is -4.51. The van der Waals surface area contributed by atoms with Crippen LogP contribution in [0.3, 0.4) is 0 Å². The molecule has 0 aliphatic rings. The fourth-order valence-electron chi connectivity index (χ4n) is 2.65. The number of hydrogen-bond donors (Lipinski definition) is 1. The van der Waals surface area contributed by atoms with Gasteiger partial charge in [0.1, 0.15) is 11.2 Å². The normalized spacial score (nSPS) is 11.7. The molecule has 4 rings (SSSR count). The summed E-state index contributed by atoms with van der Waals surface area (Å²) in [7, 11) is 0. The van der Waals surface area contributed by atoms with Crippen molar-refractivity contribution in [3.05, 3.63) is 66.5 Å². The van der Waals surface area contributed by atoms with Crippen LogP contribution in [0, 0.1) is 0 Å². The van der Waals surface area contributed by atoms with Crippen LogP contribution in [0.5, 0.6) is 0 Å². The second-order valence-corrected chi connectivity index (χ2v) is 6.88. The maximum Gasteiger partial charge on any atom is 0.433 e. The largest absolute Gasteiger partial charge is 0.433 e. The number of anilines is 1. The summed E-state index contributed by atoms with van der Waals surface area (Å²) < 4.78 is 45.3. The number of fused-ring (bicyclic) bond motifs is 1. The van der Waals surface area contributed by atoms with Gasteiger partial charge in [0, 0.05) is 5.69 Å². The van der Waals surface area contributed by atoms with E-state index in [1.165, 1.54) is 24.3 Å². The summed E-state index contributed by atoms with van der Waals surface area (Å²) in [5, 5.41) is 6.78. The first kappa shape index (κ1) is 19.1. The van der Waals surface area contributed by atoms with Crippen molar-refractivity contribution in [1.29, 1.82) is 0 Å². The van der Waals surface area contributed by atoms with Gasteiger partial charge < -0.3 is 9.73 Å². The van der Waals surface area contributed by atoms with Crippen LogP contribution in [0.15, 0.2) is 70.4 Å². The van der Waals surface area contributed by atoms with E-state index in [1.54, 1.807) is 6.07 Å². The Morgan fingerprint density at radius 3 is 2.59 bits per heavy atom. The molecule has 2 heterocycles. The number of nitrogens with one attached hydrogen (secondary N) is 1. The fraction of sp³-hybridized carbons (Fsp3) is 0.105. The average Bonchev–Trinajstić information content (AvgIpc) is 3.33. The summed E-state index contributed by atoms with van der Waals surface area (Å²) in [6.07, 6.45) is -3.42. The minimum absolute atomic E-state index is 0.0753. The number of hydrogen-bond acceptors (Lipinski definition) is 5. The standard InChI is InChI=1S/C19H13F3N4O2S/c20-19(21,22)16-9-10-23-26(16)13-7-5-12(6-8-13)24-17(27)11-29-18-25-14-3-1-2-4-15(14)28-18/h1-10H,11H2,(H,24,27). The lowest BCUT2D eigenvalue weighted by Gasteiger charge is -2.11. The van der Waals surface area contributed by atoms with Crippen molar-refractivity contribution in [2.75, 3.05) is 11.1 Å². The molecule has 4 aromatic rings. The summed E-state index contributed by atoms with van der Waals surface area (Å²) in [4.78, 5) is 16.4. The number of carbonyl (C=O) groups is 1. The Balaban J connectivity index is 1.38. The van der Waals surface area contributed by atoms with Gasteiger partial charge in [-0.05, 0) is 42.5 Å². The number of rotatable bonds is 5. The topological polar surface area (TPSA) is 73.0 Å². The first-order valence-corrected chi connectivity index (χ1v) is 9.38. The predicted octanol–water partition coefficient (Wildman–Crippen LogP) is 4.76. The third-order valence-electron chi connectivity index (χ3n) is 3.93. The molecule has 10 heteroatoms. The van der Waals surface area contributed by atoms with E-state index in [9.17, 15) is 18.0 Å². The van der Waals surface area contributed by atoms with E-state index in [2.05, 4.69) is 15.4 Å². The number of oxazole rings is 1. The molecular formula is C19H13F3N4O2S. The molecule has 29 heavy (non-hydrogen) atoms. The van der Waals surface area contributed by atoms with Crippen LogP contribution < -0.4 is 5.32 Å². The molecule has 0 bridgehead atoms. The molecule has 1 N–H and O–H groups in total. The number of thioether (sulfide) groups is 1. The first-order valence-electron chi connectivity index (χ1n) is 8.40. The van der Waals surface area contributed by atoms with Crippen molar-refractivity contribution in [2.45, 2.75) is 11.4 Å². The molecule has 1 amide bonds. The third kappa shape index (κ3) is 4.27. The van der Waals surface area contributed by atoms with Gasteiger partial charge in [-0.15, -0.1) is 0 Å². The zero-order valence-electron chi connectivity index (χ0n) is 14.7. The Hall–Kier alpha value is -3.27. The highest BCUT2D eigenvalue weighted by atomic mass is 32.2. The fourth-order valence-corrected chi connectivity index (χ4v) is 3.29. The molecule has 6 nitrogen and oxygen atoms in total. The van der Waals surface area contributed by atoms with Crippen LogP contribution in [-0.4, -0.2) is 26.4 Å². The molecule has 0 unspecified atom stereocenters. The van der Waals surface area contributed by atoms with Crippen molar-refractivity contribution in [2.24, 2.45) is 0 Å². The number of alkyl halides is 3. The van der Waals surface area contributed by atoms with Gasteiger partial charge in [-0.3, -0.25) is 4.79 Å². The van der Waals surface area contributed by atoms with Crippen molar-refractivity contribution in [3.8, 4) is 5.69 Å². The first-order chi connectivity index (χ1) is 13.9. The number of aromatic nitrogens is 3. The van der Waals surface area contributed by atoms with Crippen LogP contribution in [-0.2, 0) is 11.0 Å². The molecule has 0 saturated heterocycles. The highest BCUT2D eigenvalue weighted by Gasteiger charge is 2.35. The van der Waals surface area contributed by atoms with Gasteiger partial charge in [-0.1, -0.05) is 23.9 Å². The second kappa shape index (κ2) is 7.63. The Kier molecular flexibility index (Phi) is 5.01. The SMILES string of the molecule is O=C(CSc1nc2ccccc2o1)Nc1ccc(-n2nccc2C(F)(F)F)cc1. The highest BCUT2D eigenvalue weighted by Crippen LogP contribution is 2.30. The lowest BCUT2D eigenvalue weighted by atomic mass is 10.2. The van der Waals surface area contributed by atoms with Crippen LogP contribution in [0.4, 0.5) is 18.9 Å². The molecule has 0 atom stereocenters. The van der Waals surface area contributed by atoms with E-state index in [-0.39, 0.29) is 17.3 Å². The summed E-state index contributed by atoms with van der Waals surface area (Å²) in [6, 6.07) is 14.1. The molecule has 0 saturated carbocycles. The van der Waals surface area contributed by atoms with E-state index >= 15 is 0 Å². The van der Waals surface area contributed by atoms with Crippen molar-refractivity contribution in [3.63, 3.8) is 0 Å². The van der Waals surface area contributed by atoms with E-state index in [1.807, 2.05) is 18.2 Å². The van der Waals surface area contributed by atoms with Crippen molar-refractivity contribution < 1.29 is 22.4 Å². The molecule has 2 aromatic carbocycles. The number of para-hydroxylation sites is 2. The number of amides is 1. The van der Waals surface area contributed by atoms with Crippen LogP contribution in [0.2, 0.25) is 0 Å². The van der Waals surface area contributed by atoms with Crippen LogP contribution >= 0.6 is 11.8 Å². The maximum atomic E-state index is 13.0. The molecule has 0 fully saturated rings. The molecule has 0 radical (unpaired) electrons. The van der Waals surface area contributed by atoms with Gasteiger partial charge in [-0.25, -0.2) is 9.67 Å². The molecule has 2 aromatic heterocycles. The number of nitrogens with zero attached hydrogens (tertiary/aromatic N) is 3. The summed E-state index contributed by atoms with van der Waals surface area (Å²) in [5.74, 6) is -0.216. The zero-order valence-corrected chi connectivity index (χ0v) is 15.5. The Labute approximate surface area is 166 Å². The second-order valence-electron chi connectivity index (χ2n) is 5.96. The number of carbonyl (C=O) groups excluding carboxylic acids is 1. The summed E-state index contributed by atoms with van der Waals surface area (Å²) in [5.41, 5.74) is 1.17. The van der Waals surface area contributed by atoms with Gasteiger partial charge in [0.15, 0.2) is 5.58 Å². The lowest BCUT2D eigenvalue weighted by molar-refractivity contribution is -0.142. The van der Waals surface area contributed by atoms with Crippen molar-refractivity contribution >= 4 is 34.5 Å². The Morgan fingerprint density at radius 2 is 1.86 bits per heavy atom. The quantitative estimate of drug-likeness (QED) is 0.473. The molecule has 148 valence electrons. The molecule has 0 spiro atoms. The van der Waals surface area contributed by atoms with Gasteiger partial charge in [0.05, 0.1) is 17.6 Å². The van der Waals surface area contributed by atoms with Crippen molar-refractivity contribution in [1.82, 2.24) is 14.8 Å². The Morgan fingerprint density at radius 1 is 1.10 bits per heavy atom. The molecule has 0 aliphatic heterocycles. The summed E-state index contributed by atoms with van der Waals surface area (Å²) >= 11 is 1.15. The summed E-state index contributed by atoms with van der Waals surface area (Å²) in [6.45, 7) is 0.